The van der Waals surface area contributed by atoms with Crippen molar-refractivity contribution >= 4 is 17.9 Å². The molecule has 5 heteroatoms. The van der Waals surface area contributed by atoms with Crippen molar-refractivity contribution in [1.29, 1.82) is 0 Å². The van der Waals surface area contributed by atoms with Crippen molar-refractivity contribution in [3.8, 4) is 5.75 Å². The number of benzene rings is 2. The van der Waals surface area contributed by atoms with Crippen LogP contribution in [0.2, 0.25) is 0 Å². The number of carbonyl (C=O) groups is 2. The Balaban J connectivity index is 1.96. The molecule has 0 aliphatic rings. The van der Waals surface area contributed by atoms with Crippen LogP contribution in [-0.2, 0) is 9.59 Å². The van der Waals surface area contributed by atoms with Crippen LogP contribution in [0.15, 0.2) is 60.7 Å². The van der Waals surface area contributed by atoms with Crippen LogP contribution in [0.5, 0.6) is 5.75 Å². The number of amides is 2. The van der Waals surface area contributed by atoms with Gasteiger partial charge in [-0.25, -0.2) is 0 Å². The Morgan fingerprint density at radius 1 is 1.12 bits per heavy atom. The summed E-state index contributed by atoms with van der Waals surface area (Å²) in [4.78, 5) is 24.7. The van der Waals surface area contributed by atoms with E-state index in [9.17, 15) is 9.59 Å². The lowest BCUT2D eigenvalue weighted by Crippen LogP contribution is -2.27. The predicted molar refractivity (Wildman–Crippen MR) is 97.8 cm³/mol. The lowest BCUT2D eigenvalue weighted by molar-refractivity contribution is -0.126. The quantitative estimate of drug-likeness (QED) is 0.789. The van der Waals surface area contributed by atoms with E-state index in [4.69, 9.17) is 10.5 Å². The molecule has 0 aromatic heterocycles. The van der Waals surface area contributed by atoms with Gasteiger partial charge in [0, 0.05) is 13.1 Å². The second kappa shape index (κ2) is 8.68. The van der Waals surface area contributed by atoms with Crippen LogP contribution >= 0.6 is 0 Å². The predicted octanol–water partition coefficient (Wildman–Crippen LogP) is 2.78. The van der Waals surface area contributed by atoms with Crippen molar-refractivity contribution in [3.63, 3.8) is 0 Å². The minimum Gasteiger partial charge on any atom is -0.484 e. The van der Waals surface area contributed by atoms with Crippen LogP contribution in [0.1, 0.15) is 24.1 Å². The third-order valence-electron chi connectivity index (χ3n) is 3.89. The van der Waals surface area contributed by atoms with Crippen LogP contribution in [0.25, 0.3) is 6.08 Å². The van der Waals surface area contributed by atoms with E-state index < -0.39 is 5.91 Å². The SMILES string of the molecule is C[C@@H](c1ccccc1)N(C)C(=O)/C=C/c1ccc(OCC(N)=O)cc1. The fourth-order valence-corrected chi connectivity index (χ4v) is 2.26. The van der Waals surface area contributed by atoms with E-state index in [1.54, 1.807) is 48.4 Å². The molecular formula is C20H22N2O3. The van der Waals surface area contributed by atoms with Gasteiger partial charge in [0.1, 0.15) is 5.75 Å². The number of hydrogen-bond acceptors (Lipinski definition) is 3. The number of carbonyl (C=O) groups excluding carboxylic acids is 2. The molecule has 0 bridgehead atoms. The number of hydrogen-bond donors (Lipinski definition) is 1. The first-order valence-corrected chi connectivity index (χ1v) is 7.98. The smallest absolute Gasteiger partial charge is 0.255 e. The van der Waals surface area contributed by atoms with Gasteiger partial charge < -0.3 is 15.4 Å². The lowest BCUT2D eigenvalue weighted by Gasteiger charge is -2.24. The molecule has 25 heavy (non-hydrogen) atoms. The molecule has 0 aliphatic heterocycles. The van der Waals surface area contributed by atoms with Crippen molar-refractivity contribution in [2.24, 2.45) is 5.73 Å². The molecule has 0 fully saturated rings. The summed E-state index contributed by atoms with van der Waals surface area (Å²) in [6, 6.07) is 16.9. The standard InChI is InChI=1S/C20H22N2O3/c1-15(17-6-4-3-5-7-17)22(2)20(24)13-10-16-8-11-18(12-9-16)25-14-19(21)23/h3-13,15H,14H2,1-2H3,(H2,21,23)/b13-10+/t15-/m0/s1. The average molecular weight is 338 g/mol. The molecular weight excluding hydrogens is 316 g/mol. The lowest BCUT2D eigenvalue weighted by atomic mass is 10.1. The molecule has 2 aromatic carbocycles. The Morgan fingerprint density at radius 2 is 1.76 bits per heavy atom. The molecule has 0 heterocycles. The molecule has 0 saturated heterocycles. The highest BCUT2D eigenvalue weighted by Crippen LogP contribution is 2.19. The fourth-order valence-electron chi connectivity index (χ4n) is 2.26. The molecule has 2 aromatic rings. The minimum absolute atomic E-state index is 0.0112. The molecule has 0 saturated carbocycles. The fraction of sp³-hybridized carbons (Fsp3) is 0.200. The van der Waals surface area contributed by atoms with Crippen molar-refractivity contribution < 1.29 is 14.3 Å². The van der Waals surface area contributed by atoms with E-state index in [1.165, 1.54) is 0 Å². The molecule has 130 valence electrons. The number of rotatable bonds is 7. The van der Waals surface area contributed by atoms with Gasteiger partial charge in [0.05, 0.1) is 6.04 Å². The summed E-state index contributed by atoms with van der Waals surface area (Å²) in [5.41, 5.74) is 6.98. The van der Waals surface area contributed by atoms with Crippen LogP contribution in [0, 0.1) is 0 Å². The summed E-state index contributed by atoms with van der Waals surface area (Å²) in [5.74, 6) is -0.0485. The first-order chi connectivity index (χ1) is 12.0. The number of likely N-dealkylation sites (N-methyl/N-ethyl adjacent to an activating group) is 1. The zero-order valence-corrected chi connectivity index (χ0v) is 14.4. The molecule has 0 unspecified atom stereocenters. The topological polar surface area (TPSA) is 72.6 Å². The maximum atomic E-state index is 12.3. The summed E-state index contributed by atoms with van der Waals surface area (Å²) < 4.78 is 5.19. The van der Waals surface area contributed by atoms with Gasteiger partial charge in [-0.2, -0.15) is 0 Å². The van der Waals surface area contributed by atoms with E-state index >= 15 is 0 Å². The summed E-state index contributed by atoms with van der Waals surface area (Å²) in [7, 11) is 1.78. The molecule has 5 nitrogen and oxygen atoms in total. The van der Waals surface area contributed by atoms with Crippen LogP contribution in [0.4, 0.5) is 0 Å². The molecule has 0 aliphatic carbocycles. The zero-order valence-electron chi connectivity index (χ0n) is 14.4. The molecule has 1 atom stereocenters. The van der Waals surface area contributed by atoms with E-state index in [-0.39, 0.29) is 18.6 Å². The Morgan fingerprint density at radius 3 is 2.36 bits per heavy atom. The second-order valence-electron chi connectivity index (χ2n) is 5.69. The van der Waals surface area contributed by atoms with Crippen molar-refractivity contribution in [2.75, 3.05) is 13.7 Å². The average Bonchev–Trinajstić information content (AvgIpc) is 2.64. The van der Waals surface area contributed by atoms with E-state index in [0.29, 0.717) is 5.75 Å². The maximum absolute atomic E-state index is 12.3. The van der Waals surface area contributed by atoms with Gasteiger partial charge in [-0.1, -0.05) is 42.5 Å². The van der Waals surface area contributed by atoms with E-state index in [1.807, 2.05) is 37.3 Å². The van der Waals surface area contributed by atoms with Gasteiger partial charge in [0.2, 0.25) is 5.91 Å². The Bertz CT molecular complexity index is 739. The summed E-state index contributed by atoms with van der Waals surface area (Å²) in [5, 5.41) is 0. The largest absolute Gasteiger partial charge is 0.484 e. The molecule has 0 spiro atoms. The van der Waals surface area contributed by atoms with Crippen LogP contribution in [-0.4, -0.2) is 30.4 Å². The van der Waals surface area contributed by atoms with Gasteiger partial charge in [-0.3, -0.25) is 9.59 Å². The third-order valence-corrected chi connectivity index (χ3v) is 3.89. The number of primary amides is 1. The van der Waals surface area contributed by atoms with Gasteiger partial charge in [0.25, 0.3) is 5.91 Å². The monoisotopic (exact) mass is 338 g/mol. The minimum atomic E-state index is -0.523. The van der Waals surface area contributed by atoms with Crippen molar-refractivity contribution in [3.05, 3.63) is 71.8 Å². The van der Waals surface area contributed by atoms with E-state index in [2.05, 4.69) is 0 Å². The number of ether oxygens (including phenoxy) is 1. The first kappa shape index (κ1) is 18.3. The summed E-state index contributed by atoms with van der Waals surface area (Å²) in [6.07, 6.45) is 3.28. The van der Waals surface area contributed by atoms with Crippen molar-refractivity contribution in [2.45, 2.75) is 13.0 Å². The van der Waals surface area contributed by atoms with Gasteiger partial charge in [0.15, 0.2) is 6.61 Å². The number of nitrogens with two attached hydrogens (primary N) is 1. The number of nitrogens with zero attached hydrogens (tertiary/aromatic N) is 1. The van der Waals surface area contributed by atoms with Gasteiger partial charge in [-0.15, -0.1) is 0 Å². The Hall–Kier alpha value is -3.08. The maximum Gasteiger partial charge on any atom is 0.255 e. The van der Waals surface area contributed by atoms with Crippen LogP contribution in [0.3, 0.4) is 0 Å². The zero-order chi connectivity index (χ0) is 18.2. The van der Waals surface area contributed by atoms with Crippen molar-refractivity contribution in [1.82, 2.24) is 4.90 Å². The summed E-state index contributed by atoms with van der Waals surface area (Å²) in [6.45, 7) is 1.84. The first-order valence-electron chi connectivity index (χ1n) is 7.98. The Labute approximate surface area is 147 Å². The van der Waals surface area contributed by atoms with E-state index in [0.717, 1.165) is 11.1 Å². The van der Waals surface area contributed by atoms with Gasteiger partial charge in [-0.05, 0) is 36.3 Å². The highest BCUT2D eigenvalue weighted by atomic mass is 16.5. The third kappa shape index (κ3) is 5.49. The molecule has 0 radical (unpaired) electrons. The van der Waals surface area contributed by atoms with Crippen LogP contribution < -0.4 is 10.5 Å². The molecule has 2 rings (SSSR count). The summed E-state index contributed by atoms with van der Waals surface area (Å²) >= 11 is 0. The highest BCUT2D eigenvalue weighted by Gasteiger charge is 2.14. The molecule has 2 amide bonds. The normalized spacial score (nSPS) is 11.9. The second-order valence-corrected chi connectivity index (χ2v) is 5.69. The van der Waals surface area contributed by atoms with Gasteiger partial charge >= 0.3 is 0 Å². The molecule has 2 N–H and O–H groups in total. The Kier molecular flexibility index (Phi) is 6.34. The highest BCUT2D eigenvalue weighted by molar-refractivity contribution is 5.91.